The highest BCUT2D eigenvalue weighted by Crippen LogP contribution is 2.12. The summed E-state index contributed by atoms with van der Waals surface area (Å²) in [7, 11) is 0. The number of rotatable bonds is 6. The van der Waals surface area contributed by atoms with E-state index in [-0.39, 0.29) is 0 Å². The molecule has 0 bridgehead atoms. The normalized spacial score (nSPS) is 15.4. The van der Waals surface area contributed by atoms with Crippen LogP contribution in [0.2, 0.25) is 0 Å². The maximum atomic E-state index is 4.81. The maximum Gasteiger partial charge on any atom is 0.225 e. The summed E-state index contributed by atoms with van der Waals surface area (Å²) in [6, 6.07) is 1.85. The van der Waals surface area contributed by atoms with Gasteiger partial charge in [0.15, 0.2) is 5.96 Å². The molecule has 3 rings (SSSR count). The summed E-state index contributed by atoms with van der Waals surface area (Å²) >= 11 is 1.74. The van der Waals surface area contributed by atoms with Crippen LogP contribution in [0.25, 0.3) is 0 Å². The van der Waals surface area contributed by atoms with Gasteiger partial charge in [0.05, 0.1) is 10.7 Å². The predicted octanol–water partition coefficient (Wildman–Crippen LogP) is 1.83. The van der Waals surface area contributed by atoms with Gasteiger partial charge in [-0.05, 0) is 19.4 Å². The Morgan fingerprint density at radius 2 is 1.96 bits per heavy atom. The molecular formula is C18H27N7S. The second-order valence-electron chi connectivity index (χ2n) is 6.09. The smallest absolute Gasteiger partial charge is 0.225 e. The quantitative estimate of drug-likeness (QED) is 0.615. The van der Waals surface area contributed by atoms with Crippen molar-refractivity contribution in [1.29, 1.82) is 0 Å². The molecular weight excluding hydrogens is 346 g/mol. The Kier molecular flexibility index (Phi) is 6.76. The fourth-order valence-electron chi connectivity index (χ4n) is 2.90. The first-order valence-corrected chi connectivity index (χ1v) is 10.2. The number of aromatic nitrogens is 3. The standard InChI is InChI=1S/C18H27N7S/c1-3-16-23-15(14-26-16)6-9-22-17(19-4-2)24-10-12-25(13-11-24)18-20-7-5-8-21-18/h5,7-8,14H,3-4,6,9-13H2,1-2H3,(H,19,22). The minimum atomic E-state index is 0.761. The molecule has 1 fully saturated rings. The van der Waals surface area contributed by atoms with Crippen molar-refractivity contribution in [3.63, 3.8) is 0 Å². The van der Waals surface area contributed by atoms with Crippen molar-refractivity contribution in [3.05, 3.63) is 34.5 Å². The van der Waals surface area contributed by atoms with Crippen molar-refractivity contribution in [1.82, 2.24) is 25.2 Å². The molecule has 0 radical (unpaired) electrons. The van der Waals surface area contributed by atoms with Crippen LogP contribution in [0, 0.1) is 0 Å². The lowest BCUT2D eigenvalue weighted by molar-refractivity contribution is 0.370. The van der Waals surface area contributed by atoms with Crippen molar-refractivity contribution in [3.8, 4) is 0 Å². The number of anilines is 1. The Bertz CT molecular complexity index is 693. The number of hydrogen-bond acceptors (Lipinski definition) is 6. The maximum absolute atomic E-state index is 4.81. The van der Waals surface area contributed by atoms with E-state index in [9.17, 15) is 0 Å². The molecule has 0 amide bonds. The Morgan fingerprint density at radius 3 is 2.62 bits per heavy atom. The predicted molar refractivity (Wildman–Crippen MR) is 107 cm³/mol. The van der Waals surface area contributed by atoms with E-state index in [1.807, 2.05) is 6.07 Å². The molecule has 26 heavy (non-hydrogen) atoms. The number of nitrogens with zero attached hydrogens (tertiary/aromatic N) is 6. The molecule has 0 aromatic carbocycles. The minimum Gasteiger partial charge on any atom is -0.357 e. The van der Waals surface area contributed by atoms with Crippen molar-refractivity contribution >= 4 is 23.2 Å². The van der Waals surface area contributed by atoms with Gasteiger partial charge >= 0.3 is 0 Å². The molecule has 1 saturated heterocycles. The van der Waals surface area contributed by atoms with Gasteiger partial charge in [-0.1, -0.05) is 6.92 Å². The van der Waals surface area contributed by atoms with Crippen LogP contribution in [0.5, 0.6) is 0 Å². The van der Waals surface area contributed by atoms with Crippen molar-refractivity contribution < 1.29 is 0 Å². The second-order valence-corrected chi connectivity index (χ2v) is 7.04. The highest BCUT2D eigenvalue weighted by molar-refractivity contribution is 7.09. The van der Waals surface area contributed by atoms with Crippen LogP contribution in [0.1, 0.15) is 24.5 Å². The van der Waals surface area contributed by atoms with E-state index < -0.39 is 0 Å². The molecule has 0 unspecified atom stereocenters. The summed E-state index contributed by atoms with van der Waals surface area (Å²) in [6.45, 7) is 9.53. The molecule has 8 heteroatoms. The summed E-state index contributed by atoms with van der Waals surface area (Å²) in [6.07, 6.45) is 5.49. The third-order valence-electron chi connectivity index (χ3n) is 4.28. The number of piperazine rings is 1. The summed E-state index contributed by atoms with van der Waals surface area (Å²) in [4.78, 5) is 22.7. The van der Waals surface area contributed by atoms with Gasteiger partial charge in [-0.3, -0.25) is 4.99 Å². The Labute approximate surface area is 159 Å². The van der Waals surface area contributed by atoms with Crippen LogP contribution >= 0.6 is 11.3 Å². The van der Waals surface area contributed by atoms with E-state index >= 15 is 0 Å². The molecule has 140 valence electrons. The Hall–Kier alpha value is -2.22. The molecule has 0 aliphatic carbocycles. The highest BCUT2D eigenvalue weighted by atomic mass is 32.1. The summed E-state index contributed by atoms with van der Waals surface area (Å²) in [5.74, 6) is 1.80. The van der Waals surface area contributed by atoms with Gasteiger partial charge in [0, 0.05) is 63.5 Å². The topological polar surface area (TPSA) is 69.5 Å². The lowest BCUT2D eigenvalue weighted by Crippen LogP contribution is -2.53. The molecule has 0 saturated carbocycles. The Balaban J connectivity index is 1.54. The first-order valence-electron chi connectivity index (χ1n) is 9.28. The van der Waals surface area contributed by atoms with E-state index in [4.69, 9.17) is 4.99 Å². The largest absolute Gasteiger partial charge is 0.357 e. The average molecular weight is 374 g/mol. The van der Waals surface area contributed by atoms with E-state index in [2.05, 4.69) is 49.3 Å². The van der Waals surface area contributed by atoms with Crippen molar-refractivity contribution in [2.75, 3.05) is 44.2 Å². The number of thiazole rings is 1. The monoisotopic (exact) mass is 373 g/mol. The lowest BCUT2D eigenvalue weighted by atomic mass is 10.3. The van der Waals surface area contributed by atoms with Gasteiger partial charge in [0.1, 0.15) is 0 Å². The molecule has 0 spiro atoms. The van der Waals surface area contributed by atoms with Gasteiger partial charge in [-0.2, -0.15) is 0 Å². The minimum absolute atomic E-state index is 0.761. The van der Waals surface area contributed by atoms with Gasteiger partial charge < -0.3 is 15.1 Å². The SMILES string of the molecule is CCNC(=NCCc1csc(CC)n1)N1CCN(c2ncccn2)CC1. The average Bonchev–Trinajstić information content (AvgIpc) is 3.16. The van der Waals surface area contributed by atoms with Gasteiger partial charge in [-0.25, -0.2) is 15.0 Å². The fraction of sp³-hybridized carbons (Fsp3) is 0.556. The third-order valence-corrected chi connectivity index (χ3v) is 5.32. The van der Waals surface area contributed by atoms with Crippen LogP contribution in [0.4, 0.5) is 5.95 Å². The first kappa shape index (κ1) is 18.6. The highest BCUT2D eigenvalue weighted by Gasteiger charge is 2.20. The van der Waals surface area contributed by atoms with Crippen LogP contribution < -0.4 is 10.2 Å². The molecule has 0 atom stereocenters. The number of guanidine groups is 1. The first-order chi connectivity index (χ1) is 12.8. The molecule has 1 N–H and O–H groups in total. The summed E-state index contributed by atoms with van der Waals surface area (Å²) < 4.78 is 0. The zero-order valence-corrected chi connectivity index (χ0v) is 16.4. The number of aryl methyl sites for hydroxylation is 1. The van der Waals surface area contributed by atoms with Crippen LogP contribution in [0.3, 0.4) is 0 Å². The van der Waals surface area contributed by atoms with E-state index in [0.29, 0.717) is 0 Å². The molecule has 1 aliphatic heterocycles. The molecule has 2 aromatic rings. The fourth-order valence-corrected chi connectivity index (χ4v) is 3.68. The number of hydrogen-bond donors (Lipinski definition) is 1. The number of aliphatic imine (C=N–C) groups is 1. The van der Waals surface area contributed by atoms with Crippen LogP contribution in [-0.4, -0.2) is 65.1 Å². The van der Waals surface area contributed by atoms with Crippen molar-refractivity contribution in [2.24, 2.45) is 4.99 Å². The van der Waals surface area contributed by atoms with Gasteiger partial charge in [0.2, 0.25) is 5.95 Å². The molecule has 7 nitrogen and oxygen atoms in total. The zero-order chi connectivity index (χ0) is 18.2. The number of nitrogens with one attached hydrogen (secondary N) is 1. The molecule has 2 aromatic heterocycles. The lowest BCUT2D eigenvalue weighted by Gasteiger charge is -2.36. The molecule has 1 aliphatic rings. The third kappa shape index (κ3) is 4.91. The van der Waals surface area contributed by atoms with Gasteiger partial charge in [-0.15, -0.1) is 11.3 Å². The summed E-state index contributed by atoms with van der Waals surface area (Å²) in [5, 5.41) is 6.77. The van der Waals surface area contributed by atoms with E-state index in [0.717, 1.165) is 69.7 Å². The summed E-state index contributed by atoms with van der Waals surface area (Å²) in [5.41, 5.74) is 1.15. The van der Waals surface area contributed by atoms with E-state index in [1.54, 1.807) is 23.7 Å². The van der Waals surface area contributed by atoms with Gasteiger partial charge in [0.25, 0.3) is 0 Å². The van der Waals surface area contributed by atoms with Crippen molar-refractivity contribution in [2.45, 2.75) is 26.7 Å². The Morgan fingerprint density at radius 1 is 1.19 bits per heavy atom. The zero-order valence-electron chi connectivity index (χ0n) is 15.6. The van der Waals surface area contributed by atoms with E-state index in [1.165, 1.54) is 5.01 Å². The van der Waals surface area contributed by atoms with Crippen LogP contribution in [0.15, 0.2) is 28.8 Å². The van der Waals surface area contributed by atoms with Crippen LogP contribution in [-0.2, 0) is 12.8 Å². The second kappa shape index (κ2) is 9.47. The molecule has 3 heterocycles.